The molecule has 7 heteroatoms. The van der Waals surface area contributed by atoms with Crippen LogP contribution in [0.25, 0.3) is 10.1 Å². The van der Waals surface area contributed by atoms with E-state index in [1.807, 2.05) is 6.07 Å². The van der Waals surface area contributed by atoms with Gasteiger partial charge in [0.25, 0.3) is 5.91 Å². The summed E-state index contributed by atoms with van der Waals surface area (Å²) >= 11 is 1.32. The normalized spacial score (nSPS) is 15.6. The molecule has 1 aromatic heterocycles. The number of carbonyl (C=O) groups excluding carboxylic acids is 1. The van der Waals surface area contributed by atoms with Gasteiger partial charge in [0.05, 0.1) is 13.2 Å². The van der Waals surface area contributed by atoms with Crippen molar-refractivity contribution >= 4 is 39.2 Å². The molecule has 1 aliphatic rings. The summed E-state index contributed by atoms with van der Waals surface area (Å²) in [5, 5.41) is 19.2. The fourth-order valence-corrected chi connectivity index (χ4v) is 3.19. The van der Waals surface area contributed by atoms with Gasteiger partial charge in [0.15, 0.2) is 0 Å². The molecule has 104 valence electrons. The number of fused-ring (bicyclic) bond motifs is 1. The maximum absolute atomic E-state index is 12.4. The minimum absolute atomic E-state index is 0.00695. The van der Waals surface area contributed by atoms with Crippen LogP contribution in [0.1, 0.15) is 10.4 Å². The SMILES string of the molecule is O=C(c1ccc2sc(B(O)O)cc2c1)N1CCOCC1. The van der Waals surface area contributed by atoms with Crippen molar-refractivity contribution < 1.29 is 19.6 Å². The summed E-state index contributed by atoms with van der Waals surface area (Å²) in [6, 6.07) is 7.14. The summed E-state index contributed by atoms with van der Waals surface area (Å²) in [6.45, 7) is 2.38. The van der Waals surface area contributed by atoms with Gasteiger partial charge in [0, 0.05) is 28.1 Å². The molecule has 3 rings (SSSR count). The van der Waals surface area contributed by atoms with Crippen LogP contribution in [-0.4, -0.2) is 54.3 Å². The number of morpholine rings is 1. The Labute approximate surface area is 120 Å². The topological polar surface area (TPSA) is 70.0 Å². The molecule has 0 radical (unpaired) electrons. The van der Waals surface area contributed by atoms with Crippen LogP contribution in [0.2, 0.25) is 0 Å². The number of thiophene rings is 1. The van der Waals surface area contributed by atoms with E-state index < -0.39 is 7.12 Å². The number of nitrogens with zero attached hydrogens (tertiary/aromatic N) is 1. The minimum Gasteiger partial charge on any atom is -0.423 e. The third-order valence-electron chi connectivity index (χ3n) is 3.34. The Kier molecular flexibility index (Phi) is 3.75. The molecule has 2 aromatic rings. The molecule has 0 aliphatic carbocycles. The molecule has 2 heterocycles. The Morgan fingerprint density at radius 2 is 2.00 bits per heavy atom. The first-order valence-corrected chi connectivity index (χ1v) is 7.23. The van der Waals surface area contributed by atoms with Crippen LogP contribution >= 0.6 is 11.3 Å². The largest absolute Gasteiger partial charge is 0.499 e. The van der Waals surface area contributed by atoms with Crippen molar-refractivity contribution in [1.82, 2.24) is 4.90 Å². The molecule has 1 saturated heterocycles. The second-order valence-corrected chi connectivity index (χ2v) is 5.79. The molecule has 1 aromatic carbocycles. The fraction of sp³-hybridized carbons (Fsp3) is 0.308. The Morgan fingerprint density at radius 1 is 1.25 bits per heavy atom. The summed E-state index contributed by atoms with van der Waals surface area (Å²) in [6.07, 6.45) is 0. The number of ether oxygens (including phenoxy) is 1. The Morgan fingerprint density at radius 3 is 2.70 bits per heavy atom. The van der Waals surface area contributed by atoms with Gasteiger partial charge >= 0.3 is 7.12 Å². The van der Waals surface area contributed by atoms with Gasteiger partial charge in [-0.25, -0.2) is 0 Å². The van der Waals surface area contributed by atoms with Gasteiger partial charge in [-0.3, -0.25) is 4.79 Å². The van der Waals surface area contributed by atoms with Crippen LogP contribution in [0.5, 0.6) is 0 Å². The molecule has 20 heavy (non-hydrogen) atoms. The fourth-order valence-electron chi connectivity index (χ4n) is 2.27. The van der Waals surface area contributed by atoms with Crippen molar-refractivity contribution in [3.05, 3.63) is 29.8 Å². The monoisotopic (exact) mass is 291 g/mol. The molecule has 5 nitrogen and oxygen atoms in total. The average Bonchev–Trinajstić information content (AvgIpc) is 2.90. The summed E-state index contributed by atoms with van der Waals surface area (Å²) in [5.41, 5.74) is 0.621. The highest BCUT2D eigenvalue weighted by Gasteiger charge is 2.20. The van der Waals surface area contributed by atoms with Crippen molar-refractivity contribution in [2.75, 3.05) is 26.3 Å². The summed E-state index contributed by atoms with van der Waals surface area (Å²) in [5.74, 6) is -0.00695. The van der Waals surface area contributed by atoms with Gasteiger partial charge in [-0.05, 0) is 29.7 Å². The van der Waals surface area contributed by atoms with Gasteiger partial charge in [0.2, 0.25) is 0 Å². The van der Waals surface area contributed by atoms with Crippen LogP contribution in [-0.2, 0) is 4.74 Å². The standard InChI is InChI=1S/C13H14BNO4S/c16-13(15-3-5-19-6-4-15)9-1-2-11-10(7-9)8-12(20-11)14(17)18/h1-2,7-8,17-18H,3-6H2. The minimum atomic E-state index is -1.47. The number of carbonyl (C=O) groups is 1. The lowest BCUT2D eigenvalue weighted by Crippen LogP contribution is -2.40. The molecule has 0 unspecified atom stereocenters. The first kappa shape index (κ1) is 13.6. The molecule has 1 fully saturated rings. The van der Waals surface area contributed by atoms with E-state index in [1.54, 1.807) is 23.1 Å². The third-order valence-corrected chi connectivity index (χ3v) is 4.49. The number of rotatable bonds is 2. The van der Waals surface area contributed by atoms with Gasteiger partial charge in [-0.2, -0.15) is 0 Å². The molecule has 0 bridgehead atoms. The maximum Gasteiger partial charge on any atom is 0.499 e. The first-order chi connectivity index (χ1) is 9.65. The van der Waals surface area contributed by atoms with Crippen LogP contribution in [0.3, 0.4) is 0 Å². The highest BCUT2D eigenvalue weighted by Crippen LogP contribution is 2.21. The highest BCUT2D eigenvalue weighted by molar-refractivity contribution is 7.27. The van der Waals surface area contributed by atoms with E-state index in [2.05, 4.69) is 0 Å². The van der Waals surface area contributed by atoms with E-state index >= 15 is 0 Å². The molecular formula is C13H14BNO4S. The Balaban J connectivity index is 1.89. The van der Waals surface area contributed by atoms with E-state index in [-0.39, 0.29) is 5.91 Å². The van der Waals surface area contributed by atoms with Crippen LogP contribution in [0.15, 0.2) is 24.3 Å². The van der Waals surface area contributed by atoms with Crippen molar-refractivity contribution in [1.29, 1.82) is 0 Å². The Bertz CT molecular complexity index is 636. The molecule has 2 N–H and O–H groups in total. The van der Waals surface area contributed by atoms with Gasteiger partial charge < -0.3 is 19.7 Å². The highest BCUT2D eigenvalue weighted by atomic mass is 32.1. The van der Waals surface area contributed by atoms with Crippen LogP contribution in [0.4, 0.5) is 0 Å². The van der Waals surface area contributed by atoms with E-state index in [9.17, 15) is 14.8 Å². The smallest absolute Gasteiger partial charge is 0.423 e. The van der Waals surface area contributed by atoms with Crippen molar-refractivity contribution in [2.45, 2.75) is 0 Å². The lowest BCUT2D eigenvalue weighted by Gasteiger charge is -2.26. The second kappa shape index (κ2) is 5.53. The van der Waals surface area contributed by atoms with E-state index in [0.717, 1.165) is 10.1 Å². The first-order valence-electron chi connectivity index (χ1n) is 6.42. The number of benzene rings is 1. The van der Waals surface area contributed by atoms with Crippen LogP contribution < -0.4 is 4.78 Å². The maximum atomic E-state index is 12.4. The quantitative estimate of drug-likeness (QED) is 0.767. The van der Waals surface area contributed by atoms with Crippen LogP contribution in [0, 0.1) is 0 Å². The van der Waals surface area contributed by atoms with Crippen molar-refractivity contribution in [3.8, 4) is 0 Å². The summed E-state index contributed by atoms with van der Waals surface area (Å²) < 4.78 is 6.66. The predicted octanol–water partition coefficient (Wildman–Crippen LogP) is 0.0535. The number of hydrogen-bond donors (Lipinski definition) is 2. The molecule has 0 saturated carbocycles. The molecule has 1 aliphatic heterocycles. The van der Waals surface area contributed by atoms with Gasteiger partial charge in [-0.1, -0.05) is 0 Å². The summed E-state index contributed by atoms with van der Waals surface area (Å²) in [7, 11) is -1.47. The van der Waals surface area contributed by atoms with Gasteiger partial charge in [0.1, 0.15) is 0 Å². The molecular weight excluding hydrogens is 277 g/mol. The zero-order chi connectivity index (χ0) is 14.1. The summed E-state index contributed by atoms with van der Waals surface area (Å²) in [4.78, 5) is 14.1. The van der Waals surface area contributed by atoms with E-state index in [1.165, 1.54) is 11.3 Å². The van der Waals surface area contributed by atoms with Gasteiger partial charge in [-0.15, -0.1) is 11.3 Å². The van der Waals surface area contributed by atoms with E-state index in [4.69, 9.17) is 4.74 Å². The molecule has 1 amide bonds. The average molecular weight is 291 g/mol. The van der Waals surface area contributed by atoms with Crippen molar-refractivity contribution in [2.24, 2.45) is 0 Å². The Hall–Kier alpha value is -1.41. The zero-order valence-electron chi connectivity index (χ0n) is 10.8. The molecule has 0 atom stereocenters. The van der Waals surface area contributed by atoms with Crippen molar-refractivity contribution in [3.63, 3.8) is 0 Å². The third kappa shape index (κ3) is 2.57. The second-order valence-electron chi connectivity index (χ2n) is 4.68. The zero-order valence-corrected chi connectivity index (χ0v) is 11.6. The predicted molar refractivity (Wildman–Crippen MR) is 78.4 cm³/mol. The lowest BCUT2D eigenvalue weighted by molar-refractivity contribution is 0.0303. The van der Waals surface area contributed by atoms with E-state index in [0.29, 0.717) is 36.6 Å². The number of amides is 1. The lowest BCUT2D eigenvalue weighted by atomic mass is 9.89. The molecule has 0 spiro atoms. The number of hydrogen-bond acceptors (Lipinski definition) is 5.